The van der Waals surface area contributed by atoms with Crippen molar-refractivity contribution in [3.05, 3.63) is 57.9 Å². The fourth-order valence-electron chi connectivity index (χ4n) is 2.20. The Labute approximate surface area is 137 Å². The van der Waals surface area contributed by atoms with Gasteiger partial charge in [-0.25, -0.2) is 0 Å². The third-order valence-corrected chi connectivity index (χ3v) is 3.45. The van der Waals surface area contributed by atoms with Crippen LogP contribution in [-0.2, 0) is 11.3 Å². The summed E-state index contributed by atoms with van der Waals surface area (Å²) in [6.07, 6.45) is 0.453. The van der Waals surface area contributed by atoms with E-state index in [1.54, 1.807) is 19.2 Å². The zero-order valence-corrected chi connectivity index (χ0v) is 13.0. The van der Waals surface area contributed by atoms with Crippen LogP contribution in [0.15, 0.2) is 36.5 Å². The molecule has 0 bridgehead atoms. The second kappa shape index (κ2) is 7.66. The van der Waals surface area contributed by atoms with Gasteiger partial charge in [0, 0.05) is 18.3 Å². The van der Waals surface area contributed by atoms with Crippen molar-refractivity contribution in [3.8, 4) is 0 Å². The number of carbonyl (C=O) groups is 1. The highest BCUT2D eigenvalue weighted by molar-refractivity contribution is 5.76. The second-order valence-electron chi connectivity index (χ2n) is 5.30. The van der Waals surface area contributed by atoms with E-state index in [4.69, 9.17) is 0 Å². The van der Waals surface area contributed by atoms with Crippen LogP contribution in [-0.4, -0.2) is 43.5 Å². The molecule has 0 spiro atoms. The lowest BCUT2D eigenvalue weighted by Crippen LogP contribution is -2.43. The second-order valence-corrected chi connectivity index (χ2v) is 5.30. The molecule has 0 radical (unpaired) electrons. The summed E-state index contributed by atoms with van der Waals surface area (Å²) in [5, 5.41) is 36.9. The molecule has 3 N–H and O–H groups in total. The largest absolute Gasteiger partial charge is 0.394 e. The average Bonchev–Trinajstić information content (AvgIpc) is 2.96. The summed E-state index contributed by atoms with van der Waals surface area (Å²) in [7, 11) is 0. The van der Waals surface area contributed by atoms with Gasteiger partial charge in [-0.1, -0.05) is 0 Å². The molecule has 2 atom stereocenters. The van der Waals surface area contributed by atoms with Gasteiger partial charge in [-0.2, -0.15) is 5.10 Å². The molecule has 2 unspecified atom stereocenters. The number of aromatic nitrogens is 2. The van der Waals surface area contributed by atoms with Gasteiger partial charge < -0.3 is 15.5 Å². The van der Waals surface area contributed by atoms with Crippen LogP contribution in [0.3, 0.4) is 0 Å². The van der Waals surface area contributed by atoms with E-state index >= 15 is 0 Å². The van der Waals surface area contributed by atoms with Gasteiger partial charge in [0.05, 0.1) is 23.3 Å². The maximum absolute atomic E-state index is 12.0. The summed E-state index contributed by atoms with van der Waals surface area (Å²) in [5.74, 6) is -0.418. The number of benzene rings is 1. The minimum Gasteiger partial charge on any atom is -0.394 e. The minimum atomic E-state index is -1.20. The maximum Gasteiger partial charge on any atom is 0.269 e. The van der Waals surface area contributed by atoms with E-state index in [1.165, 1.54) is 28.9 Å². The first-order chi connectivity index (χ1) is 11.4. The Morgan fingerprint density at radius 1 is 1.38 bits per heavy atom. The van der Waals surface area contributed by atoms with E-state index < -0.39 is 29.6 Å². The number of hydrogen-bond donors (Lipinski definition) is 3. The number of rotatable bonds is 7. The number of carbonyl (C=O) groups excluding carboxylic acids is 1. The van der Waals surface area contributed by atoms with E-state index in [2.05, 4.69) is 10.4 Å². The Morgan fingerprint density at radius 3 is 2.54 bits per heavy atom. The number of nitrogens with zero attached hydrogens (tertiary/aromatic N) is 3. The van der Waals surface area contributed by atoms with Crippen LogP contribution < -0.4 is 5.32 Å². The number of nitro benzene ring substituents is 1. The molecule has 1 aromatic heterocycles. The topological polar surface area (TPSA) is 131 Å². The third kappa shape index (κ3) is 4.37. The molecule has 9 heteroatoms. The lowest BCUT2D eigenvalue weighted by atomic mass is 10.0. The molecular weight excluding hydrogens is 316 g/mol. The number of nitrogens with one attached hydrogen (secondary N) is 1. The van der Waals surface area contributed by atoms with Crippen molar-refractivity contribution in [2.24, 2.45) is 0 Å². The summed E-state index contributed by atoms with van der Waals surface area (Å²) in [5.41, 5.74) is 1.02. The van der Waals surface area contributed by atoms with Crippen LogP contribution in [0.5, 0.6) is 0 Å². The van der Waals surface area contributed by atoms with Crippen LogP contribution >= 0.6 is 0 Å². The number of amides is 1. The molecule has 0 saturated heterocycles. The van der Waals surface area contributed by atoms with Gasteiger partial charge in [-0.15, -0.1) is 0 Å². The predicted molar refractivity (Wildman–Crippen MR) is 84.0 cm³/mol. The van der Waals surface area contributed by atoms with Crippen molar-refractivity contribution in [3.63, 3.8) is 0 Å². The van der Waals surface area contributed by atoms with Crippen molar-refractivity contribution in [2.45, 2.75) is 25.6 Å². The fourth-order valence-corrected chi connectivity index (χ4v) is 2.20. The first-order valence-corrected chi connectivity index (χ1v) is 7.23. The van der Waals surface area contributed by atoms with E-state index in [1.807, 2.05) is 0 Å². The number of non-ortho nitro benzene ring substituents is 1. The molecule has 0 aliphatic rings. The summed E-state index contributed by atoms with van der Waals surface area (Å²) >= 11 is 0. The van der Waals surface area contributed by atoms with Gasteiger partial charge in [0.1, 0.15) is 12.6 Å². The number of aliphatic hydroxyl groups excluding tert-OH is 2. The zero-order valence-electron chi connectivity index (χ0n) is 13.0. The molecule has 2 aromatic rings. The van der Waals surface area contributed by atoms with Gasteiger partial charge in [0.2, 0.25) is 5.91 Å². The van der Waals surface area contributed by atoms with Crippen molar-refractivity contribution < 1.29 is 19.9 Å². The molecule has 0 aliphatic heterocycles. The Hall–Kier alpha value is -2.78. The molecule has 0 saturated carbocycles. The number of nitro groups is 1. The van der Waals surface area contributed by atoms with Crippen LogP contribution in [0.4, 0.5) is 5.69 Å². The first-order valence-electron chi connectivity index (χ1n) is 7.23. The van der Waals surface area contributed by atoms with Crippen molar-refractivity contribution in [1.82, 2.24) is 15.1 Å². The monoisotopic (exact) mass is 334 g/mol. The van der Waals surface area contributed by atoms with Crippen LogP contribution in [0.25, 0.3) is 0 Å². The molecule has 0 fully saturated rings. The maximum atomic E-state index is 12.0. The van der Waals surface area contributed by atoms with E-state index in [-0.39, 0.29) is 12.2 Å². The molecule has 2 rings (SSSR count). The Kier molecular flexibility index (Phi) is 5.61. The molecule has 1 heterocycles. The number of hydrogen-bond acceptors (Lipinski definition) is 6. The van der Waals surface area contributed by atoms with Crippen LogP contribution in [0, 0.1) is 17.0 Å². The fraction of sp³-hybridized carbons (Fsp3) is 0.333. The van der Waals surface area contributed by atoms with Crippen molar-refractivity contribution >= 4 is 11.6 Å². The Morgan fingerprint density at radius 2 is 2.04 bits per heavy atom. The molecule has 1 aromatic carbocycles. The minimum absolute atomic E-state index is 0.0443. The van der Waals surface area contributed by atoms with Gasteiger partial charge in [-0.3, -0.25) is 19.6 Å². The summed E-state index contributed by atoms with van der Waals surface area (Å²) in [4.78, 5) is 22.1. The molecule has 24 heavy (non-hydrogen) atoms. The van der Waals surface area contributed by atoms with Gasteiger partial charge in [0.25, 0.3) is 5.69 Å². The smallest absolute Gasteiger partial charge is 0.269 e. The van der Waals surface area contributed by atoms with Gasteiger partial charge >= 0.3 is 0 Å². The summed E-state index contributed by atoms with van der Waals surface area (Å²) in [6, 6.07) is 6.09. The SMILES string of the molecule is Cc1ccn(CC(=O)NC(CO)C(O)c2ccc([N+](=O)[O-])cc2)n1. The molecule has 0 aliphatic carbocycles. The van der Waals surface area contributed by atoms with Gasteiger partial charge in [-0.05, 0) is 30.7 Å². The predicted octanol–water partition coefficient (Wildman–Crippen LogP) is 0.310. The normalized spacial score (nSPS) is 13.3. The highest BCUT2D eigenvalue weighted by atomic mass is 16.6. The lowest BCUT2D eigenvalue weighted by Gasteiger charge is -2.22. The summed E-state index contributed by atoms with van der Waals surface area (Å²) in [6.45, 7) is 1.27. The first kappa shape index (κ1) is 17.6. The number of aryl methyl sites for hydroxylation is 1. The molecule has 128 valence electrons. The van der Waals surface area contributed by atoms with E-state index in [0.29, 0.717) is 5.56 Å². The number of aliphatic hydroxyl groups is 2. The average molecular weight is 334 g/mol. The lowest BCUT2D eigenvalue weighted by molar-refractivity contribution is -0.384. The zero-order chi connectivity index (χ0) is 17.7. The standard InChI is InChI=1S/C15H18N4O5/c1-10-6-7-18(17-10)8-14(21)16-13(9-20)15(22)11-2-4-12(5-3-11)19(23)24/h2-7,13,15,20,22H,8-9H2,1H3,(H,16,21). The quantitative estimate of drug-likeness (QED) is 0.493. The highest BCUT2D eigenvalue weighted by Crippen LogP contribution is 2.20. The highest BCUT2D eigenvalue weighted by Gasteiger charge is 2.23. The summed E-state index contributed by atoms with van der Waals surface area (Å²) < 4.78 is 1.44. The van der Waals surface area contributed by atoms with Gasteiger partial charge in [0.15, 0.2) is 0 Å². The van der Waals surface area contributed by atoms with E-state index in [9.17, 15) is 25.1 Å². The Balaban J connectivity index is 2.01. The Bertz CT molecular complexity index is 713. The van der Waals surface area contributed by atoms with E-state index in [0.717, 1.165) is 5.69 Å². The molecule has 1 amide bonds. The van der Waals surface area contributed by atoms with Crippen LogP contribution in [0.2, 0.25) is 0 Å². The third-order valence-electron chi connectivity index (χ3n) is 3.45. The molecule has 9 nitrogen and oxygen atoms in total. The van der Waals surface area contributed by atoms with Crippen molar-refractivity contribution in [2.75, 3.05) is 6.61 Å². The van der Waals surface area contributed by atoms with Crippen LogP contribution in [0.1, 0.15) is 17.4 Å². The molecular formula is C15H18N4O5. The van der Waals surface area contributed by atoms with Crippen molar-refractivity contribution in [1.29, 1.82) is 0 Å².